The van der Waals surface area contributed by atoms with E-state index in [1.165, 1.54) is 6.20 Å². The Morgan fingerprint density at radius 1 is 0.839 bits per heavy atom. The number of nitrogens with zero attached hydrogens (tertiary/aromatic N) is 2. The molecule has 0 atom stereocenters. The van der Waals surface area contributed by atoms with E-state index in [0.717, 1.165) is 22.1 Å². The van der Waals surface area contributed by atoms with E-state index in [0.29, 0.717) is 22.3 Å². The molecule has 2 aromatic carbocycles. The molecule has 31 heavy (non-hydrogen) atoms. The van der Waals surface area contributed by atoms with Gasteiger partial charge in [0.2, 0.25) is 0 Å². The molecule has 5 rings (SSSR count). The molecule has 7 heteroatoms. The number of benzene rings is 2. The van der Waals surface area contributed by atoms with Gasteiger partial charge in [0.1, 0.15) is 5.65 Å². The van der Waals surface area contributed by atoms with Crippen LogP contribution in [0.2, 0.25) is 0 Å². The highest BCUT2D eigenvalue weighted by Crippen LogP contribution is 2.29. The predicted octanol–water partition coefficient (Wildman–Crippen LogP) is 4.47. The Morgan fingerprint density at radius 3 is 2.39 bits per heavy atom. The minimum absolute atomic E-state index is 0.165. The SMILES string of the molecule is O=C(Nc1ccc(Nc2ccnc3[nH]c(=O)c4ccccc4c23)cc1)c1cccnc1. The van der Waals surface area contributed by atoms with Gasteiger partial charge in [-0.05, 0) is 48.5 Å². The van der Waals surface area contributed by atoms with Crippen LogP contribution in [0.3, 0.4) is 0 Å². The number of hydrogen-bond acceptors (Lipinski definition) is 5. The summed E-state index contributed by atoms with van der Waals surface area (Å²) in [5.74, 6) is -0.218. The number of nitrogens with one attached hydrogen (secondary N) is 3. The van der Waals surface area contributed by atoms with E-state index < -0.39 is 0 Å². The number of aromatic amines is 1. The normalized spacial score (nSPS) is 10.8. The molecule has 0 saturated carbocycles. The van der Waals surface area contributed by atoms with Gasteiger partial charge in [-0.25, -0.2) is 4.98 Å². The van der Waals surface area contributed by atoms with Crippen LogP contribution in [-0.4, -0.2) is 20.9 Å². The van der Waals surface area contributed by atoms with Crippen molar-refractivity contribution in [2.24, 2.45) is 0 Å². The summed E-state index contributed by atoms with van der Waals surface area (Å²) in [6, 6.07) is 20.1. The summed E-state index contributed by atoms with van der Waals surface area (Å²) in [5, 5.41) is 8.52. The third-order valence-electron chi connectivity index (χ3n) is 4.97. The van der Waals surface area contributed by atoms with Gasteiger partial charge >= 0.3 is 0 Å². The van der Waals surface area contributed by atoms with Crippen molar-refractivity contribution in [3.63, 3.8) is 0 Å². The van der Waals surface area contributed by atoms with E-state index in [9.17, 15) is 9.59 Å². The number of pyridine rings is 3. The van der Waals surface area contributed by atoms with E-state index in [4.69, 9.17) is 0 Å². The highest BCUT2D eigenvalue weighted by atomic mass is 16.1. The molecule has 150 valence electrons. The monoisotopic (exact) mass is 407 g/mol. The van der Waals surface area contributed by atoms with Gasteiger partial charge in [0.25, 0.3) is 11.5 Å². The van der Waals surface area contributed by atoms with Crippen LogP contribution in [-0.2, 0) is 0 Å². The summed E-state index contributed by atoms with van der Waals surface area (Å²) in [7, 11) is 0. The number of anilines is 3. The molecular weight excluding hydrogens is 390 g/mol. The van der Waals surface area contributed by atoms with Gasteiger partial charge in [0, 0.05) is 46.1 Å². The number of hydrogen-bond donors (Lipinski definition) is 3. The number of rotatable bonds is 4. The first-order chi connectivity index (χ1) is 15.2. The summed E-state index contributed by atoms with van der Waals surface area (Å²) in [6.45, 7) is 0. The third kappa shape index (κ3) is 3.60. The quantitative estimate of drug-likeness (QED) is 0.382. The van der Waals surface area contributed by atoms with Crippen molar-refractivity contribution >= 4 is 44.8 Å². The second-order valence-electron chi connectivity index (χ2n) is 6.98. The Bertz CT molecular complexity index is 1460. The van der Waals surface area contributed by atoms with Crippen LogP contribution in [0, 0.1) is 0 Å². The first-order valence-corrected chi connectivity index (χ1v) is 9.67. The lowest BCUT2D eigenvalue weighted by atomic mass is 10.1. The Balaban J connectivity index is 1.45. The molecule has 0 bridgehead atoms. The van der Waals surface area contributed by atoms with E-state index >= 15 is 0 Å². The molecule has 0 radical (unpaired) electrons. The molecule has 7 nitrogen and oxygen atoms in total. The molecule has 0 aliphatic rings. The molecule has 0 spiro atoms. The zero-order chi connectivity index (χ0) is 21.2. The first kappa shape index (κ1) is 18.5. The van der Waals surface area contributed by atoms with Crippen LogP contribution < -0.4 is 16.2 Å². The number of H-pyrrole nitrogens is 1. The van der Waals surface area contributed by atoms with Crippen molar-refractivity contribution < 1.29 is 4.79 Å². The summed E-state index contributed by atoms with van der Waals surface area (Å²) < 4.78 is 0. The van der Waals surface area contributed by atoms with Gasteiger partial charge in [0.05, 0.1) is 11.3 Å². The molecular formula is C24H17N5O2. The van der Waals surface area contributed by atoms with Crippen LogP contribution in [0.5, 0.6) is 0 Å². The Kier molecular flexibility index (Phi) is 4.61. The molecule has 0 unspecified atom stereocenters. The number of fused-ring (bicyclic) bond motifs is 3. The largest absolute Gasteiger partial charge is 0.355 e. The fraction of sp³-hybridized carbons (Fsp3) is 0. The molecule has 0 fully saturated rings. The van der Waals surface area contributed by atoms with Crippen molar-refractivity contribution in [1.29, 1.82) is 0 Å². The number of carbonyl (C=O) groups is 1. The molecule has 3 N–H and O–H groups in total. The molecule has 3 heterocycles. The minimum atomic E-state index is -0.218. The first-order valence-electron chi connectivity index (χ1n) is 9.67. The van der Waals surface area contributed by atoms with Crippen molar-refractivity contribution in [2.45, 2.75) is 0 Å². The van der Waals surface area contributed by atoms with Crippen molar-refractivity contribution in [1.82, 2.24) is 15.0 Å². The van der Waals surface area contributed by atoms with Crippen molar-refractivity contribution in [3.05, 3.63) is 101 Å². The highest BCUT2D eigenvalue weighted by molar-refractivity contribution is 6.11. The zero-order valence-corrected chi connectivity index (χ0v) is 16.3. The molecule has 0 saturated heterocycles. The maximum Gasteiger partial charge on any atom is 0.257 e. The Hall–Kier alpha value is -4.52. The molecule has 5 aromatic rings. The second kappa shape index (κ2) is 7.72. The van der Waals surface area contributed by atoms with Crippen LogP contribution in [0.25, 0.3) is 21.8 Å². The van der Waals surface area contributed by atoms with E-state index in [-0.39, 0.29) is 11.5 Å². The minimum Gasteiger partial charge on any atom is -0.355 e. The number of amides is 1. The third-order valence-corrected chi connectivity index (χ3v) is 4.97. The maximum atomic E-state index is 12.3. The fourth-order valence-electron chi connectivity index (χ4n) is 3.50. The lowest BCUT2D eigenvalue weighted by Crippen LogP contribution is -2.11. The Morgan fingerprint density at radius 2 is 1.61 bits per heavy atom. The van der Waals surface area contributed by atoms with Gasteiger partial charge in [-0.1, -0.05) is 18.2 Å². The van der Waals surface area contributed by atoms with Crippen molar-refractivity contribution in [3.8, 4) is 0 Å². The van der Waals surface area contributed by atoms with E-state index in [2.05, 4.69) is 25.6 Å². The molecule has 0 aliphatic carbocycles. The van der Waals surface area contributed by atoms with Gasteiger partial charge in [-0.2, -0.15) is 0 Å². The smallest absolute Gasteiger partial charge is 0.257 e. The highest BCUT2D eigenvalue weighted by Gasteiger charge is 2.10. The van der Waals surface area contributed by atoms with E-state index in [1.54, 1.807) is 30.6 Å². The number of aromatic nitrogens is 3. The lowest BCUT2D eigenvalue weighted by molar-refractivity contribution is 0.102. The number of carbonyl (C=O) groups excluding carboxylic acids is 1. The second-order valence-corrected chi connectivity index (χ2v) is 6.98. The average Bonchev–Trinajstić information content (AvgIpc) is 2.81. The average molecular weight is 407 g/mol. The Labute approximate surface area is 176 Å². The van der Waals surface area contributed by atoms with Crippen LogP contribution in [0.15, 0.2) is 90.1 Å². The molecule has 0 aliphatic heterocycles. The van der Waals surface area contributed by atoms with Crippen LogP contribution in [0.1, 0.15) is 10.4 Å². The van der Waals surface area contributed by atoms with Gasteiger partial charge in [-0.15, -0.1) is 0 Å². The standard InChI is InChI=1S/C24H17N5O2/c30-23(15-4-3-12-25-14-15)28-17-9-7-16(8-10-17)27-20-11-13-26-22-21(20)18-5-1-2-6-19(18)24(31)29-22/h1-14H,(H,28,30)(H2,26,27,29,31). The predicted molar refractivity (Wildman–Crippen MR) is 122 cm³/mol. The topological polar surface area (TPSA) is 99.8 Å². The molecule has 3 aromatic heterocycles. The van der Waals surface area contributed by atoms with Gasteiger partial charge in [-0.3, -0.25) is 14.6 Å². The van der Waals surface area contributed by atoms with E-state index in [1.807, 2.05) is 48.5 Å². The van der Waals surface area contributed by atoms with Gasteiger partial charge < -0.3 is 15.6 Å². The maximum absolute atomic E-state index is 12.3. The fourth-order valence-corrected chi connectivity index (χ4v) is 3.50. The van der Waals surface area contributed by atoms with Crippen LogP contribution >= 0.6 is 0 Å². The summed E-state index contributed by atoms with van der Waals surface area (Å²) in [5.41, 5.74) is 3.19. The summed E-state index contributed by atoms with van der Waals surface area (Å²) >= 11 is 0. The summed E-state index contributed by atoms with van der Waals surface area (Å²) in [4.78, 5) is 35.8. The van der Waals surface area contributed by atoms with Crippen molar-refractivity contribution in [2.75, 3.05) is 10.6 Å². The van der Waals surface area contributed by atoms with Gasteiger partial charge in [0.15, 0.2) is 0 Å². The zero-order valence-electron chi connectivity index (χ0n) is 16.3. The molecule has 1 amide bonds. The summed E-state index contributed by atoms with van der Waals surface area (Å²) in [6.07, 6.45) is 4.80. The van der Waals surface area contributed by atoms with Crippen LogP contribution in [0.4, 0.5) is 17.1 Å². The lowest BCUT2D eigenvalue weighted by Gasteiger charge is -2.12.